The van der Waals surface area contributed by atoms with Gasteiger partial charge >= 0.3 is 6.09 Å². The molecule has 0 unspecified atom stereocenters. The van der Waals surface area contributed by atoms with Gasteiger partial charge in [0.1, 0.15) is 22.8 Å². The molecule has 1 aromatic carbocycles. The normalized spacial score (nSPS) is 10.8. The lowest BCUT2D eigenvalue weighted by molar-refractivity contribution is 0.0635. The van der Waals surface area contributed by atoms with E-state index in [2.05, 4.69) is 10.3 Å². The Morgan fingerprint density at radius 3 is 2.54 bits per heavy atom. The lowest BCUT2D eigenvalue weighted by atomic mass is 10.2. The summed E-state index contributed by atoms with van der Waals surface area (Å²) in [5.74, 6) is -0.118. The summed E-state index contributed by atoms with van der Waals surface area (Å²) < 4.78 is 24.6. The van der Waals surface area contributed by atoms with Gasteiger partial charge in [-0.05, 0) is 39.0 Å². The van der Waals surface area contributed by atoms with Crippen molar-refractivity contribution < 1.29 is 23.5 Å². The lowest BCUT2D eigenvalue weighted by Crippen LogP contribution is -2.27. The third-order valence-corrected chi connectivity index (χ3v) is 2.69. The topological polar surface area (TPSA) is 77.5 Å². The molecule has 0 spiro atoms. The van der Waals surface area contributed by atoms with E-state index in [1.165, 1.54) is 30.5 Å². The highest BCUT2D eigenvalue weighted by atomic mass is 19.1. The number of nitrogens with zero attached hydrogens (tertiary/aromatic N) is 1. The summed E-state index contributed by atoms with van der Waals surface area (Å²) in [6, 6.07) is 6.93. The molecule has 1 amide bonds. The highest BCUT2D eigenvalue weighted by Crippen LogP contribution is 2.26. The number of halogens is 1. The Kier molecular flexibility index (Phi) is 5.13. The molecule has 0 atom stereocenters. The molecule has 1 heterocycles. The molecule has 1 N–H and O–H groups in total. The van der Waals surface area contributed by atoms with E-state index in [0.717, 1.165) is 6.07 Å². The molecule has 6 nitrogen and oxygen atoms in total. The Morgan fingerprint density at radius 2 is 1.92 bits per heavy atom. The second-order valence-electron chi connectivity index (χ2n) is 5.90. The van der Waals surface area contributed by atoms with E-state index < -0.39 is 17.5 Å². The van der Waals surface area contributed by atoms with Crippen LogP contribution >= 0.6 is 0 Å². The van der Waals surface area contributed by atoms with E-state index in [4.69, 9.17) is 9.47 Å². The second kappa shape index (κ2) is 7.08. The van der Waals surface area contributed by atoms with Gasteiger partial charge in [-0.2, -0.15) is 0 Å². The summed E-state index contributed by atoms with van der Waals surface area (Å²) in [6.45, 7) is 5.13. The molecule has 0 aliphatic carbocycles. The zero-order chi connectivity index (χ0) is 17.7. The molecule has 2 aromatic rings. The molecule has 0 radical (unpaired) electrons. The minimum absolute atomic E-state index is 0.0279. The van der Waals surface area contributed by atoms with Crippen molar-refractivity contribution in [1.29, 1.82) is 0 Å². The molecule has 0 saturated carbocycles. The van der Waals surface area contributed by atoms with Crippen molar-refractivity contribution in [1.82, 2.24) is 4.98 Å². The average Bonchev–Trinajstić information content (AvgIpc) is 2.48. The van der Waals surface area contributed by atoms with Gasteiger partial charge in [0.25, 0.3) is 0 Å². The van der Waals surface area contributed by atoms with Crippen LogP contribution in [0.5, 0.6) is 11.5 Å². The zero-order valence-corrected chi connectivity index (χ0v) is 13.5. The van der Waals surface area contributed by atoms with Crippen LogP contribution in [0, 0.1) is 5.82 Å². The largest absolute Gasteiger partial charge is 0.457 e. The van der Waals surface area contributed by atoms with Gasteiger partial charge in [-0.3, -0.25) is 15.1 Å². The molecule has 24 heavy (non-hydrogen) atoms. The summed E-state index contributed by atoms with van der Waals surface area (Å²) in [7, 11) is 0. The van der Waals surface area contributed by atoms with E-state index in [1.807, 2.05) is 0 Å². The number of anilines is 1. The Balaban J connectivity index is 2.09. The average molecular weight is 332 g/mol. The van der Waals surface area contributed by atoms with Crippen LogP contribution in [0.1, 0.15) is 31.3 Å². The molecule has 7 heteroatoms. The molecular formula is C17H17FN2O4. The van der Waals surface area contributed by atoms with Crippen molar-refractivity contribution in [2.24, 2.45) is 0 Å². The molecule has 2 rings (SSSR count). The number of pyridine rings is 1. The van der Waals surface area contributed by atoms with Gasteiger partial charge in [0.2, 0.25) is 0 Å². The second-order valence-corrected chi connectivity index (χ2v) is 5.90. The van der Waals surface area contributed by atoms with Crippen LogP contribution in [0.2, 0.25) is 0 Å². The van der Waals surface area contributed by atoms with Crippen molar-refractivity contribution in [2.75, 3.05) is 5.32 Å². The Labute approximate surface area is 138 Å². The van der Waals surface area contributed by atoms with Crippen LogP contribution in [-0.2, 0) is 4.74 Å². The summed E-state index contributed by atoms with van der Waals surface area (Å²) in [4.78, 5) is 26.1. The maximum absolute atomic E-state index is 14.1. The number of benzene rings is 1. The minimum atomic E-state index is -0.750. The number of hydrogen-bond donors (Lipinski definition) is 1. The maximum atomic E-state index is 14.1. The lowest BCUT2D eigenvalue weighted by Gasteiger charge is -2.19. The maximum Gasteiger partial charge on any atom is 0.412 e. The number of nitrogens with one attached hydrogen (secondary N) is 1. The van der Waals surface area contributed by atoms with E-state index in [-0.39, 0.29) is 17.1 Å². The Hall–Kier alpha value is -2.96. The van der Waals surface area contributed by atoms with Gasteiger partial charge in [0, 0.05) is 18.3 Å². The number of aldehydes is 1. The molecule has 0 fully saturated rings. The zero-order valence-electron chi connectivity index (χ0n) is 13.5. The number of rotatable bonds is 4. The van der Waals surface area contributed by atoms with Crippen molar-refractivity contribution in [2.45, 2.75) is 26.4 Å². The summed E-state index contributed by atoms with van der Waals surface area (Å²) in [5.41, 5.74) is -0.502. The van der Waals surface area contributed by atoms with E-state index in [1.54, 1.807) is 20.8 Å². The predicted molar refractivity (Wildman–Crippen MR) is 86.0 cm³/mol. The Bertz CT molecular complexity index is 756. The molecule has 0 bridgehead atoms. The first-order valence-electron chi connectivity index (χ1n) is 7.15. The molecule has 0 aliphatic rings. The molecule has 0 saturated heterocycles. The SMILES string of the molecule is CC(C)(C)OC(=O)Nc1ccc(Oc2ccnc(C=O)c2)cc1F. The number of carbonyl (C=O) groups excluding carboxylic acids is 2. The number of hydrogen-bond acceptors (Lipinski definition) is 5. The highest BCUT2D eigenvalue weighted by molar-refractivity contribution is 5.85. The third kappa shape index (κ3) is 5.05. The van der Waals surface area contributed by atoms with E-state index in [0.29, 0.717) is 12.0 Å². The van der Waals surface area contributed by atoms with Crippen LogP contribution in [0.25, 0.3) is 0 Å². The monoisotopic (exact) mass is 332 g/mol. The first-order valence-corrected chi connectivity index (χ1v) is 7.15. The van der Waals surface area contributed by atoms with Gasteiger partial charge in [-0.25, -0.2) is 9.18 Å². The summed E-state index contributed by atoms with van der Waals surface area (Å²) in [5, 5.41) is 2.33. The summed E-state index contributed by atoms with van der Waals surface area (Å²) >= 11 is 0. The van der Waals surface area contributed by atoms with Gasteiger partial charge in [-0.1, -0.05) is 0 Å². The van der Waals surface area contributed by atoms with Crippen molar-refractivity contribution >= 4 is 18.1 Å². The number of amides is 1. The number of ether oxygens (including phenoxy) is 2. The first kappa shape index (κ1) is 17.4. The summed E-state index contributed by atoms with van der Waals surface area (Å²) in [6.07, 6.45) is 1.25. The molecule has 0 aliphatic heterocycles. The molecule has 1 aromatic heterocycles. The Morgan fingerprint density at radius 1 is 1.21 bits per heavy atom. The van der Waals surface area contributed by atoms with Gasteiger partial charge < -0.3 is 9.47 Å². The first-order chi connectivity index (χ1) is 11.3. The van der Waals surface area contributed by atoms with Crippen LogP contribution in [-0.4, -0.2) is 23.0 Å². The predicted octanol–water partition coefficient (Wildman–Crippen LogP) is 4.17. The van der Waals surface area contributed by atoms with Crippen LogP contribution < -0.4 is 10.1 Å². The quantitative estimate of drug-likeness (QED) is 0.850. The number of aromatic nitrogens is 1. The van der Waals surface area contributed by atoms with E-state index >= 15 is 0 Å². The fourth-order valence-corrected chi connectivity index (χ4v) is 1.77. The minimum Gasteiger partial charge on any atom is -0.457 e. The van der Waals surface area contributed by atoms with Gasteiger partial charge in [0.05, 0.1) is 5.69 Å². The fraction of sp³-hybridized carbons (Fsp3) is 0.235. The smallest absolute Gasteiger partial charge is 0.412 e. The fourth-order valence-electron chi connectivity index (χ4n) is 1.77. The standard InChI is InChI=1S/C17H17FN2O4/c1-17(2,3)24-16(22)20-15-5-4-12(9-14(15)18)23-13-6-7-19-11(8-13)10-21/h4-10H,1-3H3,(H,20,22). The van der Waals surface area contributed by atoms with Gasteiger partial charge in [0.15, 0.2) is 12.1 Å². The van der Waals surface area contributed by atoms with Gasteiger partial charge in [-0.15, -0.1) is 0 Å². The van der Waals surface area contributed by atoms with E-state index in [9.17, 15) is 14.0 Å². The highest BCUT2D eigenvalue weighted by Gasteiger charge is 2.17. The van der Waals surface area contributed by atoms with Crippen LogP contribution in [0.15, 0.2) is 36.5 Å². The molecule has 126 valence electrons. The van der Waals surface area contributed by atoms with Crippen LogP contribution in [0.3, 0.4) is 0 Å². The molecular weight excluding hydrogens is 315 g/mol. The number of carbonyl (C=O) groups is 2. The third-order valence-electron chi connectivity index (χ3n) is 2.69. The van der Waals surface area contributed by atoms with Crippen molar-refractivity contribution in [3.8, 4) is 11.5 Å². The van der Waals surface area contributed by atoms with Crippen molar-refractivity contribution in [3.63, 3.8) is 0 Å². The van der Waals surface area contributed by atoms with Crippen LogP contribution in [0.4, 0.5) is 14.9 Å². The van der Waals surface area contributed by atoms with Crippen molar-refractivity contribution in [3.05, 3.63) is 48.0 Å².